The van der Waals surface area contributed by atoms with Crippen LogP contribution in [0.3, 0.4) is 0 Å². The summed E-state index contributed by atoms with van der Waals surface area (Å²) in [6, 6.07) is 13.3. The molecule has 2 bridgehead atoms. The van der Waals surface area contributed by atoms with Crippen LogP contribution in [0.5, 0.6) is 0 Å². The molecule has 2 aromatic rings. The third-order valence-electron chi connectivity index (χ3n) is 6.46. The summed E-state index contributed by atoms with van der Waals surface area (Å²) < 4.78 is 26.5. The summed E-state index contributed by atoms with van der Waals surface area (Å²) in [6.07, 6.45) is 3.50. The van der Waals surface area contributed by atoms with Gasteiger partial charge in [-0.1, -0.05) is 34.1 Å². The minimum Gasteiger partial charge on any atom is -0.347 e. The number of hydrogen-bond acceptors (Lipinski definition) is 6. The molecular formula is C23H25BrN4O3S. The van der Waals surface area contributed by atoms with Crippen LogP contribution in [0.2, 0.25) is 0 Å². The number of pyridine rings is 1. The lowest BCUT2D eigenvalue weighted by Crippen LogP contribution is -2.55. The van der Waals surface area contributed by atoms with Crippen LogP contribution >= 0.6 is 15.9 Å². The van der Waals surface area contributed by atoms with Gasteiger partial charge in [0.1, 0.15) is 11.9 Å². The van der Waals surface area contributed by atoms with Gasteiger partial charge in [-0.2, -0.15) is 5.26 Å². The Bertz CT molecular complexity index is 1130. The Kier molecular flexibility index (Phi) is 6.54. The van der Waals surface area contributed by atoms with E-state index in [1.807, 2.05) is 24.3 Å². The number of carbonyl (C=O) groups excluding carboxylic acids is 1. The SMILES string of the molecule is CC(c1ccccc1Br)S(=O)(=O)CCC(=O)N1CC2CCC(C1)N2c1ccc(C#N)cn1. The molecule has 3 unspecified atom stereocenters. The molecule has 168 valence electrons. The van der Waals surface area contributed by atoms with Gasteiger partial charge in [0.25, 0.3) is 0 Å². The molecule has 0 radical (unpaired) electrons. The standard InChI is InChI=1S/C23H25BrN4O3S/c1-16(20-4-2-3-5-21(20)24)32(30,31)11-10-23(29)27-14-18-7-8-19(15-27)28(18)22-9-6-17(12-25)13-26-22/h2-6,9,13,16,18-19H,7-8,10-11,14-15H2,1H3. The number of anilines is 1. The Morgan fingerprint density at radius 2 is 1.91 bits per heavy atom. The highest BCUT2D eigenvalue weighted by Gasteiger charge is 2.42. The molecule has 4 rings (SSSR count). The number of nitrogens with zero attached hydrogens (tertiary/aromatic N) is 4. The van der Waals surface area contributed by atoms with Gasteiger partial charge < -0.3 is 9.80 Å². The van der Waals surface area contributed by atoms with Crippen molar-refractivity contribution in [2.75, 3.05) is 23.7 Å². The molecule has 1 aromatic heterocycles. The zero-order valence-corrected chi connectivity index (χ0v) is 20.2. The van der Waals surface area contributed by atoms with E-state index in [4.69, 9.17) is 5.26 Å². The van der Waals surface area contributed by atoms with E-state index in [1.165, 1.54) is 0 Å². The van der Waals surface area contributed by atoms with Crippen molar-refractivity contribution in [2.24, 2.45) is 0 Å². The summed E-state index contributed by atoms with van der Waals surface area (Å²) in [7, 11) is -3.47. The van der Waals surface area contributed by atoms with Crippen LogP contribution in [0.25, 0.3) is 0 Å². The lowest BCUT2D eigenvalue weighted by Gasteiger charge is -2.41. The van der Waals surface area contributed by atoms with Crippen LogP contribution in [0.1, 0.15) is 42.6 Å². The van der Waals surface area contributed by atoms with Gasteiger partial charge in [0.15, 0.2) is 9.84 Å². The molecule has 2 fully saturated rings. The molecule has 2 aliphatic rings. The lowest BCUT2D eigenvalue weighted by atomic mass is 10.1. The van der Waals surface area contributed by atoms with Gasteiger partial charge in [0.05, 0.1) is 16.6 Å². The number of carbonyl (C=O) groups is 1. The van der Waals surface area contributed by atoms with Crippen LogP contribution in [-0.2, 0) is 14.6 Å². The second kappa shape index (κ2) is 9.20. The average Bonchev–Trinajstić information content (AvgIpc) is 3.06. The van der Waals surface area contributed by atoms with Crippen LogP contribution in [-0.4, -0.2) is 55.1 Å². The highest BCUT2D eigenvalue weighted by molar-refractivity contribution is 9.10. The minimum absolute atomic E-state index is 0.00825. The van der Waals surface area contributed by atoms with Gasteiger partial charge in [-0.05, 0) is 43.5 Å². The number of rotatable bonds is 6. The molecule has 1 aromatic carbocycles. The number of fused-ring (bicyclic) bond motifs is 2. The average molecular weight is 517 g/mol. The van der Waals surface area contributed by atoms with E-state index in [0.717, 1.165) is 23.1 Å². The molecule has 3 atom stereocenters. The van der Waals surface area contributed by atoms with Crippen molar-refractivity contribution in [1.29, 1.82) is 5.26 Å². The second-order valence-corrected chi connectivity index (χ2v) is 11.7. The maximum absolute atomic E-state index is 12.9. The number of aromatic nitrogens is 1. The van der Waals surface area contributed by atoms with E-state index in [9.17, 15) is 13.2 Å². The smallest absolute Gasteiger partial charge is 0.223 e. The Morgan fingerprint density at radius 3 is 2.50 bits per heavy atom. The quantitative estimate of drug-likeness (QED) is 0.583. The van der Waals surface area contributed by atoms with Gasteiger partial charge in [-0.15, -0.1) is 0 Å². The molecule has 32 heavy (non-hydrogen) atoms. The van der Waals surface area contributed by atoms with Crippen molar-refractivity contribution in [3.8, 4) is 6.07 Å². The fraction of sp³-hybridized carbons (Fsp3) is 0.435. The number of amides is 1. The van der Waals surface area contributed by atoms with Crippen molar-refractivity contribution in [3.05, 3.63) is 58.2 Å². The van der Waals surface area contributed by atoms with E-state index in [2.05, 4.69) is 31.9 Å². The number of benzene rings is 1. The van der Waals surface area contributed by atoms with Crippen LogP contribution in [0.15, 0.2) is 47.1 Å². The Hall–Kier alpha value is -2.44. The first-order valence-electron chi connectivity index (χ1n) is 10.7. The van der Waals surface area contributed by atoms with Crippen molar-refractivity contribution in [3.63, 3.8) is 0 Å². The molecule has 7 nitrogen and oxygen atoms in total. The van der Waals surface area contributed by atoms with Gasteiger partial charge in [-0.3, -0.25) is 4.79 Å². The number of piperazine rings is 1. The summed E-state index contributed by atoms with van der Waals surface area (Å²) in [5, 5.41) is 8.30. The van der Waals surface area contributed by atoms with Crippen molar-refractivity contribution >= 4 is 37.5 Å². The number of hydrogen-bond donors (Lipinski definition) is 0. The van der Waals surface area contributed by atoms with Crippen molar-refractivity contribution in [2.45, 2.75) is 43.5 Å². The number of sulfone groups is 1. The third kappa shape index (κ3) is 4.52. The highest BCUT2D eigenvalue weighted by atomic mass is 79.9. The number of nitriles is 1. The third-order valence-corrected chi connectivity index (χ3v) is 9.29. The van der Waals surface area contributed by atoms with E-state index < -0.39 is 15.1 Å². The Labute approximate surface area is 197 Å². The first-order valence-corrected chi connectivity index (χ1v) is 13.2. The first kappa shape index (κ1) is 22.7. The van der Waals surface area contributed by atoms with Gasteiger partial charge >= 0.3 is 0 Å². The normalized spacial score (nSPS) is 21.3. The topological polar surface area (TPSA) is 94.4 Å². The predicted octanol–water partition coefficient (Wildman–Crippen LogP) is 3.46. The molecule has 3 heterocycles. The summed E-state index contributed by atoms with van der Waals surface area (Å²) in [5.41, 5.74) is 1.23. The number of halogens is 1. The summed E-state index contributed by atoms with van der Waals surface area (Å²) >= 11 is 3.42. The highest BCUT2D eigenvalue weighted by Crippen LogP contribution is 2.34. The van der Waals surface area contributed by atoms with Gasteiger partial charge in [0.2, 0.25) is 5.91 Å². The Balaban J connectivity index is 1.38. The van der Waals surface area contributed by atoms with Crippen LogP contribution in [0, 0.1) is 11.3 Å². The number of likely N-dealkylation sites (tertiary alicyclic amines) is 1. The molecular weight excluding hydrogens is 492 g/mol. The molecule has 0 N–H and O–H groups in total. The molecule has 9 heteroatoms. The van der Waals surface area contributed by atoms with Crippen molar-refractivity contribution in [1.82, 2.24) is 9.88 Å². The molecule has 1 amide bonds. The molecule has 2 saturated heterocycles. The molecule has 2 aliphatic heterocycles. The maximum Gasteiger partial charge on any atom is 0.223 e. The largest absolute Gasteiger partial charge is 0.347 e. The van der Waals surface area contributed by atoms with E-state index in [-0.39, 0.29) is 30.2 Å². The van der Waals surface area contributed by atoms with Crippen LogP contribution in [0.4, 0.5) is 5.82 Å². The first-order chi connectivity index (χ1) is 15.3. The minimum atomic E-state index is -3.47. The van der Waals surface area contributed by atoms with Gasteiger partial charge in [0, 0.05) is 42.3 Å². The maximum atomic E-state index is 12.9. The fourth-order valence-corrected chi connectivity index (χ4v) is 6.83. The predicted molar refractivity (Wildman–Crippen MR) is 126 cm³/mol. The van der Waals surface area contributed by atoms with Gasteiger partial charge in [-0.25, -0.2) is 13.4 Å². The van der Waals surface area contributed by atoms with Crippen LogP contribution < -0.4 is 4.90 Å². The molecule has 0 spiro atoms. The zero-order valence-electron chi connectivity index (χ0n) is 17.8. The fourth-order valence-electron chi connectivity index (χ4n) is 4.65. The van der Waals surface area contributed by atoms with Crippen molar-refractivity contribution < 1.29 is 13.2 Å². The molecule has 0 aliphatic carbocycles. The van der Waals surface area contributed by atoms with E-state index in [0.29, 0.717) is 24.2 Å². The summed E-state index contributed by atoms with van der Waals surface area (Å²) in [4.78, 5) is 21.4. The second-order valence-electron chi connectivity index (χ2n) is 8.39. The van der Waals surface area contributed by atoms with E-state index in [1.54, 1.807) is 30.2 Å². The zero-order chi connectivity index (χ0) is 22.9. The summed E-state index contributed by atoms with van der Waals surface area (Å²) in [6.45, 7) is 2.80. The summed E-state index contributed by atoms with van der Waals surface area (Å²) in [5.74, 6) is 0.548. The monoisotopic (exact) mass is 516 g/mol. The van der Waals surface area contributed by atoms with E-state index >= 15 is 0 Å². The Morgan fingerprint density at radius 1 is 1.22 bits per heavy atom. The molecule has 0 saturated carbocycles. The lowest BCUT2D eigenvalue weighted by molar-refractivity contribution is -0.131.